The maximum absolute atomic E-state index is 11.9. The van der Waals surface area contributed by atoms with Gasteiger partial charge in [0, 0.05) is 23.5 Å². The van der Waals surface area contributed by atoms with Crippen molar-refractivity contribution in [3.05, 3.63) is 24.3 Å². The van der Waals surface area contributed by atoms with E-state index in [1.165, 1.54) is 13.5 Å². The predicted molar refractivity (Wildman–Crippen MR) is 85.1 cm³/mol. The van der Waals surface area contributed by atoms with Gasteiger partial charge in [-0.3, -0.25) is 5.32 Å². The van der Waals surface area contributed by atoms with Gasteiger partial charge in [0.05, 0.1) is 7.11 Å². The van der Waals surface area contributed by atoms with Gasteiger partial charge in [-0.25, -0.2) is 9.59 Å². The first-order chi connectivity index (χ1) is 10.6. The van der Waals surface area contributed by atoms with E-state index >= 15 is 0 Å². The number of urea groups is 1. The number of benzene rings is 1. The van der Waals surface area contributed by atoms with Gasteiger partial charge in [0.25, 0.3) is 0 Å². The van der Waals surface area contributed by atoms with E-state index in [0.29, 0.717) is 17.9 Å². The van der Waals surface area contributed by atoms with Crippen LogP contribution >= 0.6 is 0 Å². The first-order valence-corrected chi connectivity index (χ1v) is 7.26. The average molecular weight is 306 g/mol. The van der Waals surface area contributed by atoms with E-state index in [-0.39, 0.29) is 11.6 Å². The summed E-state index contributed by atoms with van der Waals surface area (Å²) in [6.45, 7) is 0.593. The third-order valence-electron chi connectivity index (χ3n) is 3.98. The Kier molecular flexibility index (Phi) is 5.21. The number of anilines is 2. The van der Waals surface area contributed by atoms with Gasteiger partial charge in [-0.05, 0) is 44.5 Å². The number of rotatable bonds is 5. The molecular weight excluding hydrogens is 284 g/mol. The Bertz CT molecular complexity index is 538. The van der Waals surface area contributed by atoms with Crippen molar-refractivity contribution >= 4 is 23.5 Å². The molecule has 3 amide bonds. The molecule has 0 unspecified atom stereocenters. The van der Waals surface area contributed by atoms with Crippen LogP contribution in [-0.4, -0.2) is 38.4 Å². The SMILES string of the molecule is CNC1(CNC(=O)Nc2cccc(NC(=O)OC)c2)CCC1. The van der Waals surface area contributed by atoms with Crippen molar-refractivity contribution in [3.8, 4) is 0 Å². The van der Waals surface area contributed by atoms with E-state index in [9.17, 15) is 9.59 Å². The monoisotopic (exact) mass is 306 g/mol. The van der Waals surface area contributed by atoms with E-state index in [1.807, 2.05) is 7.05 Å². The number of nitrogens with one attached hydrogen (secondary N) is 4. The number of likely N-dealkylation sites (N-methyl/N-ethyl adjacent to an activating group) is 1. The minimum absolute atomic E-state index is 0.0334. The average Bonchev–Trinajstić information content (AvgIpc) is 2.47. The Morgan fingerprint density at radius 3 is 2.45 bits per heavy atom. The summed E-state index contributed by atoms with van der Waals surface area (Å²) in [5.41, 5.74) is 1.18. The third kappa shape index (κ3) is 4.11. The van der Waals surface area contributed by atoms with Crippen LogP contribution in [0.5, 0.6) is 0 Å². The number of carbonyl (C=O) groups excluding carboxylic acids is 2. The molecule has 0 aromatic heterocycles. The highest BCUT2D eigenvalue weighted by atomic mass is 16.5. The quantitative estimate of drug-likeness (QED) is 0.670. The van der Waals surface area contributed by atoms with E-state index in [2.05, 4.69) is 26.0 Å². The third-order valence-corrected chi connectivity index (χ3v) is 3.98. The Morgan fingerprint density at radius 2 is 1.91 bits per heavy atom. The van der Waals surface area contributed by atoms with Crippen LogP contribution in [0, 0.1) is 0 Å². The summed E-state index contributed by atoms with van der Waals surface area (Å²) in [4.78, 5) is 23.1. The summed E-state index contributed by atoms with van der Waals surface area (Å²) >= 11 is 0. The highest BCUT2D eigenvalue weighted by Crippen LogP contribution is 2.30. The molecule has 1 aliphatic carbocycles. The Balaban J connectivity index is 1.86. The zero-order chi connectivity index (χ0) is 16.0. The number of hydrogen-bond donors (Lipinski definition) is 4. The number of methoxy groups -OCH3 is 1. The predicted octanol–water partition coefficient (Wildman–Crippen LogP) is 2.13. The van der Waals surface area contributed by atoms with E-state index in [0.717, 1.165) is 12.8 Å². The van der Waals surface area contributed by atoms with Crippen LogP contribution in [0.2, 0.25) is 0 Å². The number of amides is 3. The van der Waals surface area contributed by atoms with Crippen molar-refractivity contribution in [2.24, 2.45) is 0 Å². The summed E-state index contributed by atoms with van der Waals surface area (Å²) < 4.78 is 4.53. The lowest BCUT2D eigenvalue weighted by Gasteiger charge is -2.41. The van der Waals surface area contributed by atoms with Crippen molar-refractivity contribution in [2.75, 3.05) is 31.3 Å². The number of ether oxygens (including phenoxy) is 1. The summed E-state index contributed by atoms with van der Waals surface area (Å²) in [5, 5.41) is 11.4. The maximum atomic E-state index is 11.9. The summed E-state index contributed by atoms with van der Waals surface area (Å²) in [7, 11) is 3.21. The molecule has 4 N–H and O–H groups in total. The standard InChI is InChI=1S/C15H22N4O3/c1-16-15(7-4-8-15)10-17-13(20)18-11-5-3-6-12(9-11)19-14(21)22-2/h3,5-6,9,16H,4,7-8,10H2,1-2H3,(H,19,21)(H2,17,18,20). The van der Waals surface area contributed by atoms with Gasteiger partial charge in [-0.2, -0.15) is 0 Å². The van der Waals surface area contributed by atoms with Crippen molar-refractivity contribution in [2.45, 2.75) is 24.8 Å². The summed E-state index contributed by atoms with van der Waals surface area (Å²) in [6.07, 6.45) is 2.78. The molecule has 1 aliphatic rings. The molecular formula is C15H22N4O3. The lowest BCUT2D eigenvalue weighted by molar-refractivity contribution is 0.187. The molecule has 1 aromatic rings. The topological polar surface area (TPSA) is 91.5 Å². The molecule has 1 fully saturated rings. The first kappa shape index (κ1) is 16.1. The minimum Gasteiger partial charge on any atom is -0.453 e. The summed E-state index contributed by atoms with van der Waals surface area (Å²) in [5.74, 6) is 0. The fourth-order valence-electron chi connectivity index (χ4n) is 2.39. The van der Waals surface area contributed by atoms with Crippen LogP contribution < -0.4 is 21.3 Å². The zero-order valence-corrected chi connectivity index (χ0v) is 12.9. The van der Waals surface area contributed by atoms with Gasteiger partial charge in [0.1, 0.15) is 0 Å². The largest absolute Gasteiger partial charge is 0.453 e. The number of carbonyl (C=O) groups is 2. The first-order valence-electron chi connectivity index (χ1n) is 7.26. The second-order valence-corrected chi connectivity index (χ2v) is 5.39. The second-order valence-electron chi connectivity index (χ2n) is 5.39. The molecule has 0 radical (unpaired) electrons. The molecule has 0 heterocycles. The van der Waals surface area contributed by atoms with Gasteiger partial charge in [-0.15, -0.1) is 0 Å². The van der Waals surface area contributed by atoms with Gasteiger partial charge in [-0.1, -0.05) is 6.07 Å². The smallest absolute Gasteiger partial charge is 0.411 e. The van der Waals surface area contributed by atoms with Crippen molar-refractivity contribution in [1.29, 1.82) is 0 Å². The fraction of sp³-hybridized carbons (Fsp3) is 0.467. The van der Waals surface area contributed by atoms with Crippen LogP contribution in [0.1, 0.15) is 19.3 Å². The van der Waals surface area contributed by atoms with E-state index in [1.54, 1.807) is 24.3 Å². The highest BCUT2D eigenvalue weighted by molar-refractivity contribution is 5.91. The molecule has 7 heteroatoms. The van der Waals surface area contributed by atoms with E-state index in [4.69, 9.17) is 0 Å². The zero-order valence-electron chi connectivity index (χ0n) is 12.9. The molecule has 0 atom stereocenters. The van der Waals surface area contributed by atoms with E-state index < -0.39 is 6.09 Å². The van der Waals surface area contributed by atoms with Crippen LogP contribution in [0.3, 0.4) is 0 Å². The molecule has 7 nitrogen and oxygen atoms in total. The minimum atomic E-state index is -0.553. The maximum Gasteiger partial charge on any atom is 0.411 e. The van der Waals surface area contributed by atoms with Crippen molar-refractivity contribution < 1.29 is 14.3 Å². The van der Waals surface area contributed by atoms with Gasteiger partial charge >= 0.3 is 12.1 Å². The Hall–Kier alpha value is -2.28. The summed E-state index contributed by atoms with van der Waals surface area (Å²) in [6, 6.07) is 6.59. The van der Waals surface area contributed by atoms with Crippen molar-refractivity contribution in [3.63, 3.8) is 0 Å². The van der Waals surface area contributed by atoms with Gasteiger partial charge in [0.15, 0.2) is 0 Å². The van der Waals surface area contributed by atoms with Gasteiger partial charge < -0.3 is 20.7 Å². The molecule has 0 spiro atoms. The van der Waals surface area contributed by atoms with Crippen LogP contribution in [0.15, 0.2) is 24.3 Å². The molecule has 0 saturated heterocycles. The van der Waals surface area contributed by atoms with Gasteiger partial charge in [0.2, 0.25) is 0 Å². The molecule has 2 rings (SSSR count). The van der Waals surface area contributed by atoms with Crippen LogP contribution in [0.4, 0.5) is 21.0 Å². The lowest BCUT2D eigenvalue weighted by Crippen LogP contribution is -2.57. The molecule has 0 bridgehead atoms. The fourth-order valence-corrected chi connectivity index (χ4v) is 2.39. The van der Waals surface area contributed by atoms with Crippen molar-refractivity contribution in [1.82, 2.24) is 10.6 Å². The normalized spacial score (nSPS) is 15.4. The lowest BCUT2D eigenvalue weighted by atomic mass is 9.77. The second kappa shape index (κ2) is 7.13. The Morgan fingerprint density at radius 1 is 1.23 bits per heavy atom. The Labute approximate surface area is 129 Å². The molecule has 1 saturated carbocycles. The number of hydrogen-bond acceptors (Lipinski definition) is 4. The molecule has 0 aliphatic heterocycles. The van der Waals surface area contributed by atoms with Crippen LogP contribution in [0.25, 0.3) is 0 Å². The highest BCUT2D eigenvalue weighted by Gasteiger charge is 2.35. The van der Waals surface area contributed by atoms with Crippen LogP contribution in [-0.2, 0) is 4.74 Å². The molecule has 120 valence electrons. The molecule has 22 heavy (non-hydrogen) atoms. The molecule has 1 aromatic carbocycles.